The predicted octanol–water partition coefficient (Wildman–Crippen LogP) is 13.2. The lowest BCUT2D eigenvalue weighted by Gasteiger charge is -2.23. The van der Waals surface area contributed by atoms with Gasteiger partial charge in [-0.15, -0.1) is 0 Å². The summed E-state index contributed by atoms with van der Waals surface area (Å²) in [7, 11) is 0. The van der Waals surface area contributed by atoms with Gasteiger partial charge in [-0.05, 0) is 18.4 Å². The Bertz CT molecular complexity index is 983. The van der Waals surface area contributed by atoms with Gasteiger partial charge in [-0.3, -0.25) is 14.4 Å². The van der Waals surface area contributed by atoms with Crippen molar-refractivity contribution in [1.82, 2.24) is 10.2 Å². The van der Waals surface area contributed by atoms with Crippen molar-refractivity contribution in [2.75, 3.05) is 32.8 Å². The number of rotatable bonds is 42. The van der Waals surface area contributed by atoms with Gasteiger partial charge in [0.05, 0.1) is 0 Å². The Morgan fingerprint density at radius 3 is 1.21 bits per heavy atom. The number of benzene rings is 1. The molecular weight excluding hydrogens is 697 g/mol. The maximum Gasteiger partial charge on any atom is 0.325 e. The van der Waals surface area contributed by atoms with Gasteiger partial charge in [0.2, 0.25) is 11.8 Å². The van der Waals surface area contributed by atoms with Crippen molar-refractivity contribution in [1.29, 1.82) is 0 Å². The molecule has 0 bridgehead atoms. The van der Waals surface area contributed by atoms with E-state index in [1.165, 1.54) is 180 Å². The molecule has 7 nitrogen and oxygen atoms in total. The number of hydrogen-bond donors (Lipinski definition) is 1. The summed E-state index contributed by atoms with van der Waals surface area (Å²) in [6.45, 7) is 5.61. The predicted molar refractivity (Wildman–Crippen MR) is 236 cm³/mol. The molecule has 0 heterocycles. The highest BCUT2D eigenvalue weighted by atomic mass is 16.5. The van der Waals surface area contributed by atoms with Gasteiger partial charge in [-0.1, -0.05) is 237 Å². The molecule has 0 spiro atoms. The zero-order chi connectivity index (χ0) is 40.4. The first kappa shape index (κ1) is 51.6. The van der Waals surface area contributed by atoms with Crippen molar-refractivity contribution in [2.45, 2.75) is 226 Å². The molecule has 0 unspecified atom stereocenters. The highest BCUT2D eigenvalue weighted by Crippen LogP contribution is 2.16. The Balaban J connectivity index is 2.24. The van der Waals surface area contributed by atoms with Crippen LogP contribution in [-0.4, -0.2) is 55.5 Å². The summed E-state index contributed by atoms with van der Waals surface area (Å²) in [6.07, 6.45) is 42.5. The number of nitrogens with one attached hydrogen (secondary N) is 1. The third kappa shape index (κ3) is 34.8. The van der Waals surface area contributed by atoms with E-state index in [9.17, 15) is 14.4 Å². The molecule has 324 valence electrons. The molecule has 0 saturated carbocycles. The van der Waals surface area contributed by atoms with Gasteiger partial charge in [0, 0.05) is 13.1 Å². The number of unbranched alkanes of at least 4 members (excludes halogenated alkanes) is 30. The van der Waals surface area contributed by atoms with E-state index >= 15 is 0 Å². The van der Waals surface area contributed by atoms with E-state index in [0.29, 0.717) is 0 Å². The molecule has 0 aliphatic rings. The van der Waals surface area contributed by atoms with Crippen LogP contribution in [0.2, 0.25) is 0 Å². The van der Waals surface area contributed by atoms with Gasteiger partial charge in [0.1, 0.15) is 26.4 Å². The van der Waals surface area contributed by atoms with Gasteiger partial charge >= 0.3 is 5.97 Å². The van der Waals surface area contributed by atoms with E-state index < -0.39 is 11.9 Å². The second kappa shape index (κ2) is 40.8. The molecular formula is C49H88N2O5. The van der Waals surface area contributed by atoms with E-state index in [1.54, 1.807) is 0 Å². The molecule has 0 saturated heterocycles. The molecule has 1 rings (SSSR count). The standard InChI is InChI=1S/C49H88N2O5/c1-3-5-7-9-11-13-15-17-19-21-23-25-27-29-31-36-40-51(41-37-32-30-28-26-24-22-20-18-16-14-12-10-8-6-4-2)48(53)45-55-44-47(52)50-42-49(54)56-43-46-38-34-33-35-39-46/h33-35,38-39H,3-32,36-37,40-45H2,1-2H3,(H,50,52). The van der Waals surface area contributed by atoms with Crippen LogP contribution in [0, 0.1) is 0 Å². The third-order valence-corrected chi connectivity index (χ3v) is 11.0. The lowest BCUT2D eigenvalue weighted by molar-refractivity contribution is -0.146. The third-order valence-electron chi connectivity index (χ3n) is 11.0. The van der Waals surface area contributed by atoms with Crippen LogP contribution in [0.15, 0.2) is 30.3 Å². The number of esters is 1. The number of nitrogens with zero attached hydrogens (tertiary/aromatic N) is 1. The molecule has 1 N–H and O–H groups in total. The molecule has 1 aromatic carbocycles. The van der Waals surface area contributed by atoms with Crippen LogP contribution in [0.4, 0.5) is 0 Å². The Kier molecular flexibility index (Phi) is 37.6. The molecule has 2 amide bonds. The summed E-state index contributed by atoms with van der Waals surface area (Å²) < 4.78 is 10.7. The minimum absolute atomic E-state index is 0.0537. The smallest absolute Gasteiger partial charge is 0.325 e. The van der Waals surface area contributed by atoms with Gasteiger partial charge in [0.25, 0.3) is 0 Å². The van der Waals surface area contributed by atoms with Gasteiger partial charge in [0.15, 0.2) is 0 Å². The summed E-state index contributed by atoms with van der Waals surface area (Å²) in [6, 6.07) is 9.42. The molecule has 0 atom stereocenters. The van der Waals surface area contributed by atoms with Crippen LogP contribution in [0.5, 0.6) is 0 Å². The summed E-state index contributed by atoms with van der Waals surface area (Å²) in [5.74, 6) is -0.999. The largest absolute Gasteiger partial charge is 0.460 e. The average Bonchev–Trinajstić information content (AvgIpc) is 3.21. The highest BCUT2D eigenvalue weighted by Gasteiger charge is 2.15. The number of carbonyl (C=O) groups excluding carboxylic acids is 3. The zero-order valence-electron chi connectivity index (χ0n) is 36.7. The van der Waals surface area contributed by atoms with Gasteiger partial charge in [-0.25, -0.2) is 0 Å². The number of hydrogen-bond acceptors (Lipinski definition) is 5. The van der Waals surface area contributed by atoms with Gasteiger partial charge in [-0.2, -0.15) is 0 Å². The Morgan fingerprint density at radius 2 is 0.839 bits per heavy atom. The normalized spacial score (nSPS) is 11.2. The van der Waals surface area contributed by atoms with Crippen molar-refractivity contribution in [3.8, 4) is 0 Å². The summed E-state index contributed by atoms with van der Waals surface area (Å²) >= 11 is 0. The zero-order valence-corrected chi connectivity index (χ0v) is 36.7. The molecule has 0 fully saturated rings. The maximum atomic E-state index is 13.2. The fourth-order valence-corrected chi connectivity index (χ4v) is 7.40. The Labute approximate surface area is 345 Å². The fraction of sp³-hybridized carbons (Fsp3) is 0.816. The topological polar surface area (TPSA) is 84.9 Å². The van der Waals surface area contributed by atoms with E-state index in [-0.39, 0.29) is 32.3 Å². The monoisotopic (exact) mass is 785 g/mol. The second-order valence-corrected chi connectivity index (χ2v) is 16.4. The van der Waals surface area contributed by atoms with Crippen molar-refractivity contribution in [2.24, 2.45) is 0 Å². The van der Waals surface area contributed by atoms with Crippen molar-refractivity contribution >= 4 is 17.8 Å². The molecule has 56 heavy (non-hydrogen) atoms. The van der Waals surface area contributed by atoms with E-state index in [4.69, 9.17) is 9.47 Å². The quantitative estimate of drug-likeness (QED) is 0.0527. The molecule has 1 aromatic rings. The minimum Gasteiger partial charge on any atom is -0.460 e. The van der Waals surface area contributed by atoms with Crippen molar-refractivity contribution < 1.29 is 23.9 Å². The number of ether oxygens (including phenoxy) is 2. The van der Waals surface area contributed by atoms with Gasteiger partial charge < -0.3 is 19.7 Å². The van der Waals surface area contributed by atoms with E-state index in [0.717, 1.165) is 44.3 Å². The van der Waals surface area contributed by atoms with Crippen LogP contribution >= 0.6 is 0 Å². The van der Waals surface area contributed by atoms with Crippen molar-refractivity contribution in [3.05, 3.63) is 35.9 Å². The molecule has 0 aliphatic carbocycles. The van der Waals surface area contributed by atoms with E-state index in [1.807, 2.05) is 35.2 Å². The minimum atomic E-state index is -0.512. The lowest BCUT2D eigenvalue weighted by atomic mass is 10.0. The Hall–Kier alpha value is -2.41. The van der Waals surface area contributed by atoms with Crippen LogP contribution in [-0.2, 0) is 30.5 Å². The fourth-order valence-electron chi connectivity index (χ4n) is 7.40. The molecule has 0 aliphatic heterocycles. The van der Waals surface area contributed by atoms with Crippen molar-refractivity contribution in [3.63, 3.8) is 0 Å². The number of carbonyl (C=O) groups is 3. The first-order valence-corrected chi connectivity index (χ1v) is 23.9. The van der Waals surface area contributed by atoms with E-state index in [2.05, 4.69) is 19.2 Å². The SMILES string of the molecule is CCCCCCCCCCCCCCCCCCN(CCCCCCCCCCCCCCCCCC)C(=O)COCC(=O)NCC(=O)OCc1ccccc1. The second-order valence-electron chi connectivity index (χ2n) is 16.4. The number of amides is 2. The van der Waals surface area contributed by atoms with Crippen LogP contribution in [0.1, 0.15) is 225 Å². The van der Waals surface area contributed by atoms with Crippen LogP contribution in [0.3, 0.4) is 0 Å². The Morgan fingerprint density at radius 1 is 0.482 bits per heavy atom. The summed E-state index contributed by atoms with van der Waals surface area (Å²) in [4.78, 5) is 39.4. The molecule has 0 aromatic heterocycles. The molecule has 7 heteroatoms. The first-order chi connectivity index (χ1) is 27.6. The van der Waals surface area contributed by atoms with Crippen LogP contribution in [0.25, 0.3) is 0 Å². The summed E-state index contributed by atoms with van der Waals surface area (Å²) in [5.41, 5.74) is 0.887. The summed E-state index contributed by atoms with van der Waals surface area (Å²) in [5, 5.41) is 2.53. The van der Waals surface area contributed by atoms with Crippen LogP contribution < -0.4 is 5.32 Å². The lowest BCUT2D eigenvalue weighted by Crippen LogP contribution is -2.38. The highest BCUT2D eigenvalue weighted by molar-refractivity contribution is 5.83. The first-order valence-electron chi connectivity index (χ1n) is 23.9. The maximum absolute atomic E-state index is 13.2. The molecule has 0 radical (unpaired) electrons. The average molecular weight is 785 g/mol.